The van der Waals surface area contributed by atoms with E-state index in [0.29, 0.717) is 51.1 Å². The number of halogens is 5. The first-order valence-electron chi connectivity index (χ1n) is 29.2. The van der Waals surface area contributed by atoms with E-state index in [0.717, 1.165) is 75.4 Å². The van der Waals surface area contributed by atoms with Crippen molar-refractivity contribution in [1.82, 2.24) is 4.98 Å². The van der Waals surface area contributed by atoms with Crippen LogP contribution < -0.4 is 14.2 Å². The number of aliphatic hydroxyl groups is 1. The van der Waals surface area contributed by atoms with Crippen LogP contribution in [0.2, 0.25) is 0 Å². The van der Waals surface area contributed by atoms with Crippen molar-refractivity contribution in [1.29, 1.82) is 0 Å². The number of carbonyl (C=O) groups is 5. The molecule has 1 heterocycles. The Kier molecular flexibility index (Phi) is 26.7. The number of hydrogen-bond acceptors (Lipinski definition) is 13. The molecule has 3 fully saturated rings. The molecule has 5 aromatic rings. The number of benzene rings is 4. The zero-order valence-electron chi connectivity index (χ0n) is 50.4. The number of nitrogens with zero attached hydrogens (tertiary/aromatic N) is 1. The number of aliphatic hydroxyl groups excluding tert-OH is 1. The summed E-state index contributed by atoms with van der Waals surface area (Å²) in [6.07, 6.45) is -0.618. The SMILES string of the molecule is COC1C(C(F)(F)F)C(=O)[C@H](COc2ccc(C)c(C)c2)[C@H]1CC#CCOCC(=O)O.Cc1ccc(C)c(OC[C@H]2C(Cl)CC(O)[C@@H]2CCCc2ncc(C(=O)O)s2)c1.Cc1ccc(OC[C@H]2C(=O)CC(Cl)[C@@H]2Cc2cccc(CCC(=O)O)c2)c(C)c1. The molecule has 21 heteroatoms. The average Bonchev–Trinajstić information content (AvgIpc) is 2.31. The van der Waals surface area contributed by atoms with Gasteiger partial charge < -0.3 is 44.1 Å². The lowest BCUT2D eigenvalue weighted by Crippen LogP contribution is -2.37. The summed E-state index contributed by atoms with van der Waals surface area (Å²) in [4.78, 5) is 61.9. The molecule has 8 rings (SSSR count). The minimum atomic E-state index is -4.75. The molecule has 0 bridgehead atoms. The molecule has 15 nitrogen and oxygen atoms in total. The molecule has 0 aliphatic heterocycles. The first-order valence-corrected chi connectivity index (χ1v) is 30.9. The summed E-state index contributed by atoms with van der Waals surface area (Å²) in [5.41, 5.74) is 8.54. The summed E-state index contributed by atoms with van der Waals surface area (Å²) >= 11 is 14.3. The van der Waals surface area contributed by atoms with Crippen LogP contribution in [0.3, 0.4) is 0 Å². The number of methoxy groups -OCH3 is 1. The van der Waals surface area contributed by atoms with E-state index >= 15 is 0 Å². The van der Waals surface area contributed by atoms with Gasteiger partial charge in [0.25, 0.3) is 0 Å². The van der Waals surface area contributed by atoms with Gasteiger partial charge in [0, 0.05) is 49.0 Å². The van der Waals surface area contributed by atoms with E-state index in [-0.39, 0.29) is 71.1 Å². The van der Waals surface area contributed by atoms with Gasteiger partial charge in [0.2, 0.25) is 0 Å². The van der Waals surface area contributed by atoms with Crippen LogP contribution in [0.1, 0.15) is 97.7 Å². The quantitative estimate of drug-likeness (QED) is 0.0256. The van der Waals surface area contributed by atoms with E-state index in [9.17, 15) is 42.3 Å². The van der Waals surface area contributed by atoms with E-state index in [1.807, 2.05) is 96.1 Å². The van der Waals surface area contributed by atoms with Crippen LogP contribution in [-0.2, 0) is 47.9 Å². The van der Waals surface area contributed by atoms with Crippen molar-refractivity contribution in [3.05, 3.63) is 139 Å². The van der Waals surface area contributed by atoms with Crippen LogP contribution in [0.25, 0.3) is 0 Å². The summed E-state index contributed by atoms with van der Waals surface area (Å²) in [7, 11) is 1.14. The second kappa shape index (κ2) is 33.3. The fraction of sp³-hybridized carbons (Fsp3) is 0.493. The third-order valence-electron chi connectivity index (χ3n) is 16.4. The maximum atomic E-state index is 13.6. The number of aromatic nitrogens is 1. The monoisotopic (exact) mass is 1280 g/mol. The molecule has 3 aliphatic rings. The Morgan fingerprint density at radius 2 is 1.41 bits per heavy atom. The largest absolute Gasteiger partial charge is 0.493 e. The molecule has 88 heavy (non-hydrogen) atoms. The molecule has 476 valence electrons. The normalized spacial score (nSPS) is 23.0. The summed E-state index contributed by atoms with van der Waals surface area (Å²) in [5, 5.41) is 37.4. The lowest BCUT2D eigenvalue weighted by molar-refractivity contribution is -0.199. The number of Topliss-reactive ketones (excluding diaryl/α,β-unsaturated/α-hetero) is 2. The van der Waals surface area contributed by atoms with Crippen molar-refractivity contribution in [3.63, 3.8) is 0 Å². The van der Waals surface area contributed by atoms with Gasteiger partial charge in [-0.2, -0.15) is 13.2 Å². The van der Waals surface area contributed by atoms with E-state index in [2.05, 4.69) is 29.0 Å². The van der Waals surface area contributed by atoms with Crippen molar-refractivity contribution in [2.24, 2.45) is 41.4 Å². The van der Waals surface area contributed by atoms with Gasteiger partial charge in [-0.1, -0.05) is 66.1 Å². The van der Waals surface area contributed by atoms with Crippen LogP contribution in [-0.4, -0.2) is 124 Å². The van der Waals surface area contributed by atoms with Gasteiger partial charge in [0.05, 0.1) is 55.1 Å². The Morgan fingerprint density at radius 1 is 0.716 bits per heavy atom. The third-order valence-corrected chi connectivity index (χ3v) is 18.4. The van der Waals surface area contributed by atoms with Crippen LogP contribution >= 0.6 is 34.5 Å². The maximum absolute atomic E-state index is 13.6. The molecule has 4 aromatic carbocycles. The molecular weight excluding hydrogens is 1200 g/mol. The molecule has 0 radical (unpaired) electrons. The number of carboxylic acid groups (broad SMARTS) is 3. The molecule has 3 aliphatic carbocycles. The first-order chi connectivity index (χ1) is 41.7. The van der Waals surface area contributed by atoms with Gasteiger partial charge in [-0.05, 0) is 155 Å². The molecule has 0 spiro atoms. The minimum Gasteiger partial charge on any atom is -0.493 e. The molecule has 4 N–H and O–H groups in total. The zero-order chi connectivity index (χ0) is 64.4. The number of aliphatic carboxylic acids is 2. The Balaban J connectivity index is 0.000000211. The molecule has 3 saturated carbocycles. The summed E-state index contributed by atoms with van der Waals surface area (Å²) in [6, 6.07) is 25.4. The van der Waals surface area contributed by atoms with Crippen molar-refractivity contribution in [2.45, 2.75) is 128 Å². The van der Waals surface area contributed by atoms with Gasteiger partial charge in [0.15, 0.2) is 5.78 Å². The Labute approximate surface area is 526 Å². The number of aryl methyl sites for hydroxylation is 8. The van der Waals surface area contributed by atoms with Gasteiger partial charge >= 0.3 is 24.1 Å². The van der Waals surface area contributed by atoms with Crippen LogP contribution in [0.15, 0.2) is 85.1 Å². The van der Waals surface area contributed by atoms with Crippen molar-refractivity contribution in [3.8, 4) is 29.1 Å². The van der Waals surface area contributed by atoms with Crippen molar-refractivity contribution < 1.29 is 81.3 Å². The van der Waals surface area contributed by atoms with Gasteiger partial charge in [-0.25, -0.2) is 14.6 Å². The van der Waals surface area contributed by atoms with E-state index < -0.39 is 66.4 Å². The number of carboxylic acids is 3. The van der Waals surface area contributed by atoms with E-state index in [1.165, 1.54) is 23.1 Å². The lowest BCUT2D eigenvalue weighted by Gasteiger charge is -2.24. The second-order valence-electron chi connectivity index (χ2n) is 22.9. The predicted molar refractivity (Wildman–Crippen MR) is 329 cm³/mol. The first kappa shape index (κ1) is 70.6. The number of hydrogen-bond donors (Lipinski definition) is 4. The van der Waals surface area contributed by atoms with Crippen molar-refractivity contribution in [2.75, 3.05) is 40.1 Å². The smallest absolute Gasteiger partial charge is 0.401 e. The van der Waals surface area contributed by atoms with Crippen molar-refractivity contribution >= 4 is 64.0 Å². The van der Waals surface area contributed by atoms with E-state index in [4.69, 9.17) is 62.2 Å². The average molecular weight is 1280 g/mol. The third kappa shape index (κ3) is 20.5. The summed E-state index contributed by atoms with van der Waals surface area (Å²) in [6.45, 7) is 11.8. The van der Waals surface area contributed by atoms with Crippen LogP contribution in [0, 0.1) is 94.8 Å². The topological polar surface area (TPSA) is 225 Å². The Bertz CT molecular complexity index is 3250. The van der Waals surface area contributed by atoms with Gasteiger partial charge in [-0.15, -0.1) is 40.5 Å². The fourth-order valence-corrected chi connectivity index (χ4v) is 13.2. The van der Waals surface area contributed by atoms with Crippen LogP contribution in [0.5, 0.6) is 17.2 Å². The fourth-order valence-electron chi connectivity index (χ4n) is 11.5. The predicted octanol–water partition coefficient (Wildman–Crippen LogP) is 12.4. The lowest BCUT2D eigenvalue weighted by atomic mass is 9.89. The number of rotatable bonds is 24. The molecule has 0 amide bonds. The second-order valence-corrected chi connectivity index (χ2v) is 25.1. The number of aromatic carboxylic acids is 1. The number of ether oxygens (including phenoxy) is 5. The Hall–Kier alpha value is -6.53. The number of thiazole rings is 1. The highest BCUT2D eigenvalue weighted by atomic mass is 35.5. The standard InChI is InChI=1S/C24H27ClO4.C22H25F3O6.C21H26ClNO4S/c1-15-6-8-23(16(2)10-15)29-14-20-19(21(25)13-22(20)26)12-18-5-3-4-17(11-18)7-9-24(27)28;1-13-7-8-15(10-14(13)2)31-11-17-16(6-4-5-9-30-12-18(26)27)21(29-3)19(20(17)28)22(23,24)25;1-12-6-7-13(2)18(8-12)27-11-15-14(17(24)9-16(15)22)4-3-5-20-23-10-19(28-20)21(25)26/h3-6,8,10-11,19-21H,7,9,12-14H2,1-2H3,(H,27,28);7-8,10,16-17,19,21H,6,9,11-12H2,1-3H3,(H,26,27);6-8,10,14-17,24H,3-5,9,11H2,1-2H3,(H,25,26)/t19-,20-,21?;16-,17-,19?,21?;14-,15-,16?,17?/m111/s1. The number of carbonyl (C=O) groups excluding carboxylic acids is 2. The van der Waals surface area contributed by atoms with Crippen LogP contribution in [0.4, 0.5) is 13.2 Å². The highest BCUT2D eigenvalue weighted by Gasteiger charge is 2.61. The minimum absolute atomic E-state index is 0.00430. The highest BCUT2D eigenvalue weighted by molar-refractivity contribution is 7.13. The Morgan fingerprint density at radius 3 is 2.08 bits per heavy atom. The number of alkyl halides is 5. The molecule has 0 saturated heterocycles. The zero-order valence-corrected chi connectivity index (χ0v) is 52.8. The highest BCUT2D eigenvalue weighted by Crippen LogP contribution is 2.46. The molecular formula is C67H78Cl2F3NO14S. The molecule has 5 unspecified atom stereocenters. The van der Waals surface area contributed by atoms with Gasteiger partial charge in [0.1, 0.15) is 47.0 Å². The molecule has 11 atom stereocenters. The number of ketones is 2. The summed E-state index contributed by atoms with van der Waals surface area (Å²) < 4.78 is 68.3. The van der Waals surface area contributed by atoms with E-state index in [1.54, 1.807) is 12.1 Å². The molecule has 1 aromatic heterocycles. The van der Waals surface area contributed by atoms with Gasteiger partial charge in [-0.3, -0.25) is 14.4 Å². The maximum Gasteiger partial charge on any atom is 0.401 e. The summed E-state index contributed by atoms with van der Waals surface area (Å²) in [5.74, 6) is -0.539.